The van der Waals surface area contributed by atoms with Crippen molar-refractivity contribution in [3.8, 4) is 0 Å². The van der Waals surface area contributed by atoms with E-state index >= 15 is 0 Å². The number of phosphoric ester groups is 2. The summed E-state index contributed by atoms with van der Waals surface area (Å²) in [5, 5.41) is 10.7. The van der Waals surface area contributed by atoms with Crippen molar-refractivity contribution in [2.75, 3.05) is 39.6 Å². The highest BCUT2D eigenvalue weighted by Gasteiger charge is 2.31. The molecule has 17 nitrogen and oxygen atoms in total. The summed E-state index contributed by atoms with van der Waals surface area (Å²) in [5.41, 5.74) is 0. The van der Waals surface area contributed by atoms with Crippen LogP contribution in [0.2, 0.25) is 0 Å². The van der Waals surface area contributed by atoms with Gasteiger partial charge in [-0.1, -0.05) is 414 Å². The molecule has 19 heteroatoms. The van der Waals surface area contributed by atoms with E-state index in [1.807, 2.05) is 0 Å². The number of unbranched alkanes of at least 4 members (excludes halogenated alkanes) is 53. The summed E-state index contributed by atoms with van der Waals surface area (Å²) >= 11 is 0. The first-order valence-electron chi connectivity index (χ1n) is 45.4. The van der Waals surface area contributed by atoms with E-state index in [1.165, 1.54) is 276 Å². The molecule has 0 amide bonds. The smallest absolute Gasteiger partial charge is 0.462 e. The summed E-state index contributed by atoms with van der Waals surface area (Å²) < 4.78 is 69.0. The maximum Gasteiger partial charge on any atom is 0.472 e. The first-order chi connectivity index (χ1) is 51.8. The molecule has 0 aliphatic heterocycles. The van der Waals surface area contributed by atoms with Crippen molar-refractivity contribution in [2.45, 2.75) is 484 Å². The Morgan fingerprint density at radius 2 is 0.477 bits per heavy atom. The van der Waals surface area contributed by atoms with E-state index in [0.717, 1.165) is 108 Å². The lowest BCUT2D eigenvalue weighted by Gasteiger charge is -2.21. The molecule has 107 heavy (non-hydrogen) atoms. The standard InChI is InChI=1S/C88H172O17P2/c1-8-10-11-12-13-14-15-16-17-20-24-29-34-41-48-55-62-69-85(90)98-75-83(104-87(92)71-64-57-50-42-35-30-25-22-19-18-21-23-28-33-40-47-54-61-68-81(7)9-2)77-102-106(94,95)100-73-82(89)74-101-107(96,97)103-78-84(76-99-86(91)70-63-56-49-44-37-39-46-53-60-67-80(5)6)105-88(93)72-65-58-51-43-36-31-26-27-32-38-45-52-59-66-79(3)4/h79-84,89H,8-78H2,1-7H3,(H,94,95)(H,96,97)/t81?,82-,83-,84-/m1/s1. The van der Waals surface area contributed by atoms with Crippen molar-refractivity contribution in [2.24, 2.45) is 17.8 Å². The van der Waals surface area contributed by atoms with Gasteiger partial charge >= 0.3 is 39.5 Å². The van der Waals surface area contributed by atoms with Gasteiger partial charge in [0.25, 0.3) is 0 Å². The summed E-state index contributed by atoms with van der Waals surface area (Å²) in [6.07, 6.45) is 69.4. The van der Waals surface area contributed by atoms with E-state index in [4.69, 9.17) is 37.0 Å². The average Bonchev–Trinajstić information content (AvgIpc) is 0.915. The van der Waals surface area contributed by atoms with Crippen LogP contribution in [0.4, 0.5) is 0 Å². The van der Waals surface area contributed by atoms with Crippen molar-refractivity contribution in [3.05, 3.63) is 0 Å². The van der Waals surface area contributed by atoms with Crippen LogP contribution in [-0.4, -0.2) is 96.7 Å². The van der Waals surface area contributed by atoms with Gasteiger partial charge in [0.2, 0.25) is 0 Å². The van der Waals surface area contributed by atoms with Crippen molar-refractivity contribution in [1.82, 2.24) is 0 Å². The molecule has 3 N–H and O–H groups in total. The normalized spacial score (nSPS) is 14.1. The zero-order valence-corrected chi connectivity index (χ0v) is 72.4. The van der Waals surface area contributed by atoms with E-state index in [9.17, 15) is 43.2 Å². The second-order valence-corrected chi connectivity index (χ2v) is 35.7. The van der Waals surface area contributed by atoms with Gasteiger partial charge in [-0.2, -0.15) is 0 Å². The van der Waals surface area contributed by atoms with Gasteiger partial charge in [0.15, 0.2) is 12.2 Å². The van der Waals surface area contributed by atoms with E-state index in [0.29, 0.717) is 25.7 Å². The van der Waals surface area contributed by atoms with E-state index in [1.54, 1.807) is 0 Å². The summed E-state index contributed by atoms with van der Waals surface area (Å²) in [6, 6.07) is 0. The molecule has 0 radical (unpaired) electrons. The van der Waals surface area contributed by atoms with Crippen molar-refractivity contribution >= 4 is 39.5 Å². The van der Waals surface area contributed by atoms with Crippen molar-refractivity contribution in [1.29, 1.82) is 0 Å². The highest BCUT2D eigenvalue weighted by molar-refractivity contribution is 7.47. The van der Waals surface area contributed by atoms with Gasteiger partial charge in [-0.05, 0) is 43.4 Å². The first-order valence-corrected chi connectivity index (χ1v) is 48.4. The van der Waals surface area contributed by atoms with Crippen LogP contribution < -0.4 is 0 Å². The number of carbonyl (C=O) groups excluding carboxylic acids is 4. The zero-order chi connectivity index (χ0) is 78.6. The largest absolute Gasteiger partial charge is 0.472 e. The third-order valence-corrected chi connectivity index (χ3v) is 22.9. The molecule has 0 aliphatic rings. The van der Waals surface area contributed by atoms with Gasteiger partial charge in [-0.15, -0.1) is 0 Å². The average molecular weight is 1560 g/mol. The van der Waals surface area contributed by atoms with Crippen LogP contribution in [0.5, 0.6) is 0 Å². The monoisotopic (exact) mass is 1560 g/mol. The first kappa shape index (κ1) is 105. The number of ether oxygens (including phenoxy) is 4. The van der Waals surface area contributed by atoms with Crippen LogP contribution in [0.25, 0.3) is 0 Å². The third kappa shape index (κ3) is 80.5. The van der Waals surface area contributed by atoms with Crippen molar-refractivity contribution in [3.63, 3.8) is 0 Å². The second-order valence-electron chi connectivity index (χ2n) is 32.8. The Hall–Kier alpha value is -1.94. The molecule has 0 heterocycles. The minimum Gasteiger partial charge on any atom is -0.462 e. The maximum atomic E-state index is 13.2. The molecule has 636 valence electrons. The van der Waals surface area contributed by atoms with E-state index in [2.05, 4.69) is 48.5 Å². The fraction of sp³-hybridized carbons (Fsp3) is 0.955. The molecular formula is C88H172O17P2. The van der Waals surface area contributed by atoms with Crippen LogP contribution >= 0.6 is 15.6 Å². The van der Waals surface area contributed by atoms with Crippen LogP contribution in [-0.2, 0) is 65.4 Å². The molecule has 0 spiro atoms. The fourth-order valence-corrected chi connectivity index (χ4v) is 15.3. The molecule has 6 atom stereocenters. The molecule has 0 aliphatic carbocycles. The van der Waals surface area contributed by atoms with Gasteiger partial charge in [-0.25, -0.2) is 9.13 Å². The van der Waals surface area contributed by atoms with Gasteiger partial charge in [0, 0.05) is 25.7 Å². The third-order valence-electron chi connectivity index (χ3n) is 21.0. The number of hydrogen-bond donors (Lipinski definition) is 3. The SMILES string of the molecule is CCCCCCCCCCCCCCCCCCCC(=O)OC[C@H](COP(=O)(O)OC[C@@H](O)COP(=O)(O)OC[C@@H](COC(=O)CCCCCCCCCCCC(C)C)OC(=O)CCCCCCCCCCCCCCCC(C)C)OC(=O)CCCCCCCCCCCCCCCCCCCCC(C)CC. The molecule has 0 aromatic carbocycles. The van der Waals surface area contributed by atoms with Crippen molar-refractivity contribution < 1.29 is 80.2 Å². The van der Waals surface area contributed by atoms with Gasteiger partial charge in [0.1, 0.15) is 19.3 Å². The number of esters is 4. The Morgan fingerprint density at radius 1 is 0.271 bits per heavy atom. The van der Waals surface area contributed by atoms with Gasteiger partial charge < -0.3 is 33.8 Å². The Morgan fingerprint density at radius 3 is 0.710 bits per heavy atom. The minimum absolute atomic E-state index is 0.107. The quantitative estimate of drug-likeness (QED) is 0.0222. The summed E-state index contributed by atoms with van der Waals surface area (Å²) in [6.45, 7) is 12.1. The lowest BCUT2D eigenvalue weighted by atomic mass is 9.99. The number of rotatable bonds is 86. The fourth-order valence-electron chi connectivity index (χ4n) is 13.7. The molecule has 0 aromatic rings. The lowest BCUT2D eigenvalue weighted by molar-refractivity contribution is -0.161. The van der Waals surface area contributed by atoms with Crippen LogP contribution in [0.1, 0.15) is 466 Å². The molecule has 0 aromatic heterocycles. The highest BCUT2D eigenvalue weighted by Crippen LogP contribution is 2.45. The zero-order valence-electron chi connectivity index (χ0n) is 70.6. The predicted molar refractivity (Wildman–Crippen MR) is 441 cm³/mol. The summed E-state index contributed by atoms with van der Waals surface area (Å²) in [5.74, 6) is 0.300. The maximum absolute atomic E-state index is 13.2. The molecule has 0 bridgehead atoms. The molecule has 0 saturated heterocycles. The van der Waals surface area contributed by atoms with Crippen LogP contribution in [0.3, 0.4) is 0 Å². The Balaban J connectivity index is 5.25. The molecule has 0 fully saturated rings. The van der Waals surface area contributed by atoms with Crippen LogP contribution in [0, 0.1) is 17.8 Å². The highest BCUT2D eigenvalue weighted by atomic mass is 31.2. The molecular weight excluding hydrogens is 1390 g/mol. The number of aliphatic hydroxyl groups is 1. The number of carbonyl (C=O) groups is 4. The molecule has 0 saturated carbocycles. The van der Waals surface area contributed by atoms with E-state index < -0.39 is 97.5 Å². The summed E-state index contributed by atoms with van der Waals surface area (Å²) in [4.78, 5) is 73.3. The minimum atomic E-state index is -4.97. The number of hydrogen-bond acceptors (Lipinski definition) is 15. The Bertz CT molecular complexity index is 2060. The summed E-state index contributed by atoms with van der Waals surface area (Å²) in [7, 11) is -9.93. The second kappa shape index (κ2) is 78.0. The molecule has 3 unspecified atom stereocenters. The predicted octanol–water partition coefficient (Wildman–Crippen LogP) is 26.9. The van der Waals surface area contributed by atoms with Gasteiger partial charge in [0.05, 0.1) is 26.4 Å². The lowest BCUT2D eigenvalue weighted by Crippen LogP contribution is -2.30. The Labute approximate surface area is 658 Å². The van der Waals surface area contributed by atoms with E-state index in [-0.39, 0.29) is 25.7 Å². The van der Waals surface area contributed by atoms with Gasteiger partial charge in [-0.3, -0.25) is 37.3 Å². The molecule has 0 rings (SSSR count). The Kier molecular flexibility index (Phi) is 76.6. The number of phosphoric acid groups is 2. The number of aliphatic hydroxyl groups excluding tert-OH is 1. The topological polar surface area (TPSA) is 237 Å². The van der Waals surface area contributed by atoms with Crippen LogP contribution in [0.15, 0.2) is 0 Å².